The van der Waals surface area contributed by atoms with Crippen molar-refractivity contribution in [3.8, 4) is 5.75 Å². The van der Waals surface area contributed by atoms with E-state index in [1.165, 1.54) is 5.56 Å². The van der Waals surface area contributed by atoms with Crippen LogP contribution in [0.25, 0.3) is 0 Å². The quantitative estimate of drug-likeness (QED) is 0.571. The van der Waals surface area contributed by atoms with Crippen LogP contribution in [0.3, 0.4) is 0 Å². The molecule has 0 aromatic heterocycles. The van der Waals surface area contributed by atoms with E-state index in [-0.39, 0.29) is 0 Å². The van der Waals surface area contributed by atoms with Crippen molar-refractivity contribution in [3.63, 3.8) is 0 Å². The molecular weight excluding hydrogens is 202 g/mol. The highest BCUT2D eigenvalue weighted by molar-refractivity contribution is 5.54. The highest BCUT2D eigenvalue weighted by atomic mass is 16.5. The summed E-state index contributed by atoms with van der Waals surface area (Å²) in [4.78, 5) is 0. The van der Waals surface area contributed by atoms with Crippen molar-refractivity contribution in [2.75, 3.05) is 26.1 Å². The molecule has 0 aliphatic carbocycles. The van der Waals surface area contributed by atoms with E-state index in [9.17, 15) is 0 Å². The van der Waals surface area contributed by atoms with E-state index in [0.717, 1.165) is 37.3 Å². The molecule has 16 heavy (non-hydrogen) atoms. The Morgan fingerprint density at radius 2 is 1.94 bits per heavy atom. The minimum absolute atomic E-state index is 0.693. The summed E-state index contributed by atoms with van der Waals surface area (Å²) in [5, 5.41) is 0. The summed E-state index contributed by atoms with van der Waals surface area (Å²) in [7, 11) is 1.71. The minimum atomic E-state index is 0.693. The number of methoxy groups -OCH3 is 1. The van der Waals surface area contributed by atoms with E-state index in [1.807, 2.05) is 12.1 Å². The molecule has 3 heteroatoms. The topological polar surface area (TPSA) is 44.5 Å². The van der Waals surface area contributed by atoms with Crippen molar-refractivity contribution in [1.82, 2.24) is 0 Å². The number of unbranched alkanes of at least 4 members (excludes halogenated alkanes) is 1. The Balaban J connectivity index is 2.36. The molecule has 0 aliphatic heterocycles. The predicted molar refractivity (Wildman–Crippen MR) is 66.8 cm³/mol. The second-order valence-corrected chi connectivity index (χ2v) is 3.77. The SMILES string of the molecule is CCc1ccc(OCCCCOC)c(N)c1. The lowest BCUT2D eigenvalue weighted by molar-refractivity contribution is 0.184. The van der Waals surface area contributed by atoms with Crippen molar-refractivity contribution in [1.29, 1.82) is 0 Å². The molecule has 0 saturated carbocycles. The third-order valence-corrected chi connectivity index (χ3v) is 2.48. The van der Waals surface area contributed by atoms with Gasteiger partial charge in [-0.05, 0) is 37.0 Å². The van der Waals surface area contributed by atoms with Gasteiger partial charge in [-0.1, -0.05) is 13.0 Å². The summed E-state index contributed by atoms with van der Waals surface area (Å²) in [6.45, 7) is 3.59. The lowest BCUT2D eigenvalue weighted by Crippen LogP contribution is -2.02. The second-order valence-electron chi connectivity index (χ2n) is 3.77. The van der Waals surface area contributed by atoms with Crippen LogP contribution in [-0.2, 0) is 11.2 Å². The van der Waals surface area contributed by atoms with E-state index in [4.69, 9.17) is 15.2 Å². The maximum atomic E-state index is 5.89. The van der Waals surface area contributed by atoms with Crippen LogP contribution in [0.5, 0.6) is 5.75 Å². The van der Waals surface area contributed by atoms with Gasteiger partial charge in [-0.3, -0.25) is 0 Å². The van der Waals surface area contributed by atoms with Crippen LogP contribution in [-0.4, -0.2) is 20.3 Å². The molecule has 90 valence electrons. The predicted octanol–water partition coefficient (Wildman–Crippen LogP) is 2.64. The largest absolute Gasteiger partial charge is 0.491 e. The minimum Gasteiger partial charge on any atom is -0.491 e. The molecule has 0 aliphatic rings. The van der Waals surface area contributed by atoms with Gasteiger partial charge >= 0.3 is 0 Å². The number of hydrogen-bond acceptors (Lipinski definition) is 3. The summed E-state index contributed by atoms with van der Waals surface area (Å²) in [6, 6.07) is 5.98. The summed E-state index contributed by atoms with van der Waals surface area (Å²) in [6.07, 6.45) is 3.00. The monoisotopic (exact) mass is 223 g/mol. The number of nitrogens with two attached hydrogens (primary N) is 1. The maximum Gasteiger partial charge on any atom is 0.142 e. The second kappa shape index (κ2) is 7.12. The van der Waals surface area contributed by atoms with Crippen molar-refractivity contribution >= 4 is 5.69 Å². The molecule has 1 aromatic rings. The zero-order valence-electron chi connectivity index (χ0n) is 10.2. The van der Waals surface area contributed by atoms with E-state index in [0.29, 0.717) is 6.61 Å². The molecule has 0 fully saturated rings. The normalized spacial score (nSPS) is 10.4. The van der Waals surface area contributed by atoms with Crippen LogP contribution in [0.15, 0.2) is 18.2 Å². The van der Waals surface area contributed by atoms with E-state index >= 15 is 0 Å². The first-order chi connectivity index (χ1) is 7.77. The number of anilines is 1. The lowest BCUT2D eigenvalue weighted by atomic mass is 10.1. The summed E-state index contributed by atoms with van der Waals surface area (Å²) in [5.41, 5.74) is 7.86. The molecule has 0 radical (unpaired) electrons. The van der Waals surface area contributed by atoms with Crippen molar-refractivity contribution in [2.45, 2.75) is 26.2 Å². The fraction of sp³-hybridized carbons (Fsp3) is 0.538. The molecule has 0 unspecified atom stereocenters. The van der Waals surface area contributed by atoms with Gasteiger partial charge in [0.1, 0.15) is 5.75 Å². The molecule has 1 rings (SSSR count). The molecule has 0 saturated heterocycles. The number of benzene rings is 1. The zero-order valence-corrected chi connectivity index (χ0v) is 10.2. The standard InChI is InChI=1S/C13H21NO2/c1-3-11-6-7-13(12(14)10-11)16-9-5-4-8-15-2/h6-7,10H,3-5,8-9,14H2,1-2H3. The van der Waals surface area contributed by atoms with Crippen LogP contribution in [0, 0.1) is 0 Å². The molecule has 2 N–H and O–H groups in total. The first-order valence-corrected chi connectivity index (χ1v) is 5.78. The summed E-state index contributed by atoms with van der Waals surface area (Å²) >= 11 is 0. The highest BCUT2D eigenvalue weighted by Crippen LogP contribution is 2.22. The molecular formula is C13H21NO2. The molecule has 0 atom stereocenters. The number of nitrogen functional groups attached to an aromatic ring is 1. The Morgan fingerprint density at radius 1 is 1.19 bits per heavy atom. The van der Waals surface area contributed by atoms with E-state index in [1.54, 1.807) is 7.11 Å². The molecule has 0 bridgehead atoms. The number of hydrogen-bond donors (Lipinski definition) is 1. The fourth-order valence-corrected chi connectivity index (χ4v) is 1.48. The smallest absolute Gasteiger partial charge is 0.142 e. The maximum absolute atomic E-state index is 5.89. The van der Waals surface area contributed by atoms with Gasteiger partial charge in [0.2, 0.25) is 0 Å². The van der Waals surface area contributed by atoms with Crippen molar-refractivity contribution < 1.29 is 9.47 Å². The van der Waals surface area contributed by atoms with E-state index < -0.39 is 0 Å². The van der Waals surface area contributed by atoms with Crippen LogP contribution < -0.4 is 10.5 Å². The van der Waals surface area contributed by atoms with Gasteiger partial charge in [0.15, 0.2) is 0 Å². The Hall–Kier alpha value is -1.22. The third-order valence-electron chi connectivity index (χ3n) is 2.48. The third kappa shape index (κ3) is 4.11. The molecule has 1 aromatic carbocycles. The first kappa shape index (κ1) is 12.8. The van der Waals surface area contributed by atoms with Gasteiger partial charge in [-0.15, -0.1) is 0 Å². The molecule has 0 amide bonds. The number of ether oxygens (including phenoxy) is 2. The summed E-state index contributed by atoms with van der Waals surface area (Å²) < 4.78 is 10.6. The fourth-order valence-electron chi connectivity index (χ4n) is 1.48. The average Bonchev–Trinajstić information content (AvgIpc) is 2.30. The van der Waals surface area contributed by atoms with Crippen molar-refractivity contribution in [2.24, 2.45) is 0 Å². The molecule has 3 nitrogen and oxygen atoms in total. The summed E-state index contributed by atoms with van der Waals surface area (Å²) in [5.74, 6) is 0.787. The van der Waals surface area contributed by atoms with Crippen LogP contribution in [0.2, 0.25) is 0 Å². The zero-order chi connectivity index (χ0) is 11.8. The highest BCUT2D eigenvalue weighted by Gasteiger charge is 2.00. The Kier molecular flexibility index (Phi) is 5.72. The Bertz CT molecular complexity index is 313. The van der Waals surface area contributed by atoms with Gasteiger partial charge < -0.3 is 15.2 Å². The van der Waals surface area contributed by atoms with Gasteiger partial charge in [0, 0.05) is 13.7 Å². The van der Waals surface area contributed by atoms with Crippen LogP contribution in [0.1, 0.15) is 25.3 Å². The molecule has 0 spiro atoms. The number of rotatable bonds is 7. The van der Waals surface area contributed by atoms with Gasteiger partial charge in [-0.2, -0.15) is 0 Å². The van der Waals surface area contributed by atoms with Gasteiger partial charge in [0.05, 0.1) is 12.3 Å². The Labute approximate surface area is 97.6 Å². The first-order valence-electron chi connectivity index (χ1n) is 5.78. The van der Waals surface area contributed by atoms with Crippen molar-refractivity contribution in [3.05, 3.63) is 23.8 Å². The van der Waals surface area contributed by atoms with Crippen LogP contribution >= 0.6 is 0 Å². The average molecular weight is 223 g/mol. The van der Waals surface area contributed by atoms with E-state index in [2.05, 4.69) is 13.0 Å². The van der Waals surface area contributed by atoms with Gasteiger partial charge in [0.25, 0.3) is 0 Å². The van der Waals surface area contributed by atoms with Crippen LogP contribution in [0.4, 0.5) is 5.69 Å². The number of aryl methyl sites for hydroxylation is 1. The Morgan fingerprint density at radius 3 is 2.56 bits per heavy atom. The lowest BCUT2D eigenvalue weighted by Gasteiger charge is -2.09. The molecule has 0 heterocycles. The van der Waals surface area contributed by atoms with Gasteiger partial charge in [-0.25, -0.2) is 0 Å².